The third-order valence-corrected chi connectivity index (χ3v) is 1.36. The zero-order valence-electron chi connectivity index (χ0n) is 6.26. The Kier molecular flexibility index (Phi) is 3.38. The summed E-state index contributed by atoms with van der Waals surface area (Å²) in [5.74, 6) is 8.72. The van der Waals surface area contributed by atoms with Gasteiger partial charge in [0.25, 0.3) is 0 Å². The molecule has 1 aliphatic rings. The third-order valence-electron chi connectivity index (χ3n) is 1.36. The van der Waals surface area contributed by atoms with Gasteiger partial charge in [-0.3, -0.25) is 4.84 Å². The molecule has 0 aromatic heterocycles. The Labute approximate surface area is 68.4 Å². The molecular weight excluding hydrogens is 168 g/mol. The summed E-state index contributed by atoms with van der Waals surface area (Å²) in [7, 11) is 0. The number of carbonyl (C=O) groups is 1. The standard InChI is InChI=1S/C5H10N2O5/c6-10-2-4-9-1-3(11-4)5(8)12-7/h3-4H,1-2,6-7H2/t3-,4-/m0/s1. The molecule has 0 unspecified atom stereocenters. The Balaban J connectivity index is 2.30. The highest BCUT2D eigenvalue weighted by molar-refractivity contribution is 5.74. The van der Waals surface area contributed by atoms with E-state index in [2.05, 4.69) is 15.6 Å². The third kappa shape index (κ3) is 2.13. The number of hydrogen-bond donors (Lipinski definition) is 2. The lowest BCUT2D eigenvalue weighted by atomic mass is 10.4. The monoisotopic (exact) mass is 178 g/mol. The van der Waals surface area contributed by atoms with Crippen molar-refractivity contribution >= 4 is 5.97 Å². The van der Waals surface area contributed by atoms with Crippen LogP contribution >= 0.6 is 0 Å². The molecule has 4 N–H and O–H groups in total. The molecule has 7 nitrogen and oxygen atoms in total. The zero-order valence-corrected chi connectivity index (χ0v) is 6.26. The second kappa shape index (κ2) is 4.33. The highest BCUT2D eigenvalue weighted by Gasteiger charge is 2.32. The topological polar surface area (TPSA) is 106 Å². The van der Waals surface area contributed by atoms with Crippen LogP contribution in [0.4, 0.5) is 0 Å². The molecule has 12 heavy (non-hydrogen) atoms. The SMILES string of the molecule is NOC[C@H]1OC[C@@H](C(=O)ON)O1. The molecule has 0 radical (unpaired) electrons. The maximum absolute atomic E-state index is 10.7. The minimum absolute atomic E-state index is 0.0638. The lowest BCUT2D eigenvalue weighted by molar-refractivity contribution is -0.160. The molecule has 0 saturated carbocycles. The summed E-state index contributed by atoms with van der Waals surface area (Å²) < 4.78 is 9.92. The Morgan fingerprint density at radius 1 is 1.58 bits per heavy atom. The number of nitrogens with two attached hydrogens (primary N) is 2. The molecule has 70 valence electrons. The van der Waals surface area contributed by atoms with E-state index in [1.807, 2.05) is 0 Å². The minimum Gasteiger partial charge on any atom is -0.371 e. The first-order chi connectivity index (χ1) is 5.77. The summed E-state index contributed by atoms with van der Waals surface area (Å²) in [5, 5.41) is 0. The highest BCUT2D eigenvalue weighted by Crippen LogP contribution is 2.11. The Morgan fingerprint density at radius 3 is 2.92 bits per heavy atom. The fourth-order valence-electron chi connectivity index (χ4n) is 0.822. The van der Waals surface area contributed by atoms with Gasteiger partial charge in [0.1, 0.15) is 6.61 Å². The van der Waals surface area contributed by atoms with Crippen LogP contribution in [0, 0.1) is 0 Å². The van der Waals surface area contributed by atoms with Crippen molar-refractivity contribution in [3.8, 4) is 0 Å². The molecule has 1 saturated heterocycles. The fourth-order valence-corrected chi connectivity index (χ4v) is 0.822. The van der Waals surface area contributed by atoms with Crippen molar-refractivity contribution in [1.82, 2.24) is 0 Å². The van der Waals surface area contributed by atoms with Gasteiger partial charge in [-0.25, -0.2) is 10.7 Å². The van der Waals surface area contributed by atoms with Gasteiger partial charge in [0.2, 0.25) is 0 Å². The van der Waals surface area contributed by atoms with Crippen LogP contribution in [0.1, 0.15) is 0 Å². The van der Waals surface area contributed by atoms with Crippen LogP contribution in [-0.4, -0.2) is 31.6 Å². The van der Waals surface area contributed by atoms with Gasteiger partial charge in [0.15, 0.2) is 12.4 Å². The Bertz CT molecular complexity index is 164. The van der Waals surface area contributed by atoms with Crippen LogP contribution in [-0.2, 0) is 23.9 Å². The average molecular weight is 178 g/mol. The smallest absolute Gasteiger partial charge is 0.356 e. The quantitative estimate of drug-likeness (QED) is 0.483. The van der Waals surface area contributed by atoms with Gasteiger partial charge in [-0.1, -0.05) is 0 Å². The van der Waals surface area contributed by atoms with E-state index in [1.165, 1.54) is 0 Å². The number of carbonyl (C=O) groups excluding carboxylic acids is 1. The van der Waals surface area contributed by atoms with Crippen molar-refractivity contribution in [3.63, 3.8) is 0 Å². The van der Waals surface area contributed by atoms with Gasteiger partial charge in [-0.2, -0.15) is 5.90 Å². The maximum atomic E-state index is 10.7. The molecule has 7 heteroatoms. The summed E-state index contributed by atoms with van der Waals surface area (Å²) in [6, 6.07) is 0. The number of hydrogen-bond acceptors (Lipinski definition) is 7. The molecule has 1 rings (SSSR count). The molecule has 0 spiro atoms. The highest BCUT2D eigenvalue weighted by atomic mass is 16.8. The second-order valence-corrected chi connectivity index (χ2v) is 2.16. The molecular formula is C5H10N2O5. The number of rotatable bonds is 3. The van der Waals surface area contributed by atoms with Crippen molar-refractivity contribution in [2.45, 2.75) is 12.4 Å². The van der Waals surface area contributed by atoms with E-state index < -0.39 is 18.4 Å². The van der Waals surface area contributed by atoms with Crippen LogP contribution in [0.3, 0.4) is 0 Å². The molecule has 0 aliphatic carbocycles. The molecule has 0 aromatic rings. The lowest BCUT2D eigenvalue weighted by Gasteiger charge is -2.07. The molecule has 0 bridgehead atoms. The molecule has 0 amide bonds. The van der Waals surface area contributed by atoms with Crippen LogP contribution < -0.4 is 11.8 Å². The van der Waals surface area contributed by atoms with E-state index in [0.717, 1.165) is 0 Å². The average Bonchev–Trinajstić information content (AvgIpc) is 2.52. The van der Waals surface area contributed by atoms with E-state index in [-0.39, 0.29) is 13.2 Å². The van der Waals surface area contributed by atoms with E-state index in [1.54, 1.807) is 0 Å². The Morgan fingerprint density at radius 2 is 2.33 bits per heavy atom. The molecule has 2 atom stereocenters. The predicted molar refractivity (Wildman–Crippen MR) is 35.0 cm³/mol. The van der Waals surface area contributed by atoms with Crippen molar-refractivity contribution in [3.05, 3.63) is 0 Å². The first kappa shape index (κ1) is 9.36. The van der Waals surface area contributed by atoms with Crippen molar-refractivity contribution < 1.29 is 23.9 Å². The first-order valence-corrected chi connectivity index (χ1v) is 3.27. The summed E-state index contributed by atoms with van der Waals surface area (Å²) in [6.07, 6.45) is -1.41. The van der Waals surface area contributed by atoms with Crippen molar-refractivity contribution in [2.75, 3.05) is 13.2 Å². The summed E-state index contributed by atoms with van der Waals surface area (Å²) >= 11 is 0. The van der Waals surface area contributed by atoms with Crippen molar-refractivity contribution in [2.24, 2.45) is 11.8 Å². The fraction of sp³-hybridized carbons (Fsp3) is 0.800. The number of ether oxygens (including phenoxy) is 2. The molecule has 0 aromatic carbocycles. The van der Waals surface area contributed by atoms with Gasteiger partial charge in [-0.15, -0.1) is 0 Å². The summed E-state index contributed by atoms with van der Waals surface area (Å²) in [4.78, 5) is 18.9. The molecule has 1 aliphatic heterocycles. The predicted octanol–water partition coefficient (Wildman–Crippen LogP) is -1.96. The molecule has 1 heterocycles. The second-order valence-electron chi connectivity index (χ2n) is 2.16. The van der Waals surface area contributed by atoms with Crippen LogP contribution in [0.25, 0.3) is 0 Å². The van der Waals surface area contributed by atoms with Gasteiger partial charge in [0.05, 0.1) is 6.61 Å². The first-order valence-electron chi connectivity index (χ1n) is 3.27. The van der Waals surface area contributed by atoms with Crippen molar-refractivity contribution in [1.29, 1.82) is 0 Å². The lowest BCUT2D eigenvalue weighted by Crippen LogP contribution is -2.29. The van der Waals surface area contributed by atoms with Gasteiger partial charge in [0, 0.05) is 0 Å². The van der Waals surface area contributed by atoms with E-state index in [4.69, 9.17) is 15.4 Å². The maximum Gasteiger partial charge on any atom is 0.356 e. The summed E-state index contributed by atoms with van der Waals surface area (Å²) in [5.41, 5.74) is 0. The Hall–Kier alpha value is -0.730. The molecule has 1 fully saturated rings. The van der Waals surface area contributed by atoms with Crippen LogP contribution in [0.2, 0.25) is 0 Å². The summed E-state index contributed by atoms with van der Waals surface area (Å²) in [6.45, 7) is 0.165. The normalized spacial score (nSPS) is 28.8. The van der Waals surface area contributed by atoms with E-state index in [9.17, 15) is 4.79 Å². The largest absolute Gasteiger partial charge is 0.371 e. The van der Waals surface area contributed by atoms with Crippen LogP contribution in [0.5, 0.6) is 0 Å². The van der Waals surface area contributed by atoms with Crippen LogP contribution in [0.15, 0.2) is 0 Å². The minimum atomic E-state index is -0.782. The van der Waals surface area contributed by atoms with Gasteiger partial charge >= 0.3 is 5.97 Å². The van der Waals surface area contributed by atoms with E-state index >= 15 is 0 Å². The van der Waals surface area contributed by atoms with Gasteiger partial charge in [-0.05, 0) is 0 Å². The zero-order chi connectivity index (χ0) is 8.97. The van der Waals surface area contributed by atoms with Gasteiger partial charge < -0.3 is 14.3 Å². The van der Waals surface area contributed by atoms with E-state index in [0.29, 0.717) is 0 Å².